The number of benzene rings is 3. The van der Waals surface area contributed by atoms with E-state index in [2.05, 4.69) is 78.7 Å². The number of anilines is 2. The molecule has 4 rings (SSSR count). The van der Waals surface area contributed by atoms with Crippen LogP contribution < -0.4 is 4.90 Å². The summed E-state index contributed by atoms with van der Waals surface area (Å²) in [4.78, 5) is 6.95. The first-order chi connectivity index (χ1) is 11.3. The summed E-state index contributed by atoms with van der Waals surface area (Å²) in [5, 5.41) is 1.07. The molecule has 0 aliphatic carbocycles. The summed E-state index contributed by atoms with van der Waals surface area (Å²) < 4.78 is 1.21. The molecular weight excluding hydrogens is 300 g/mol. The van der Waals surface area contributed by atoms with Crippen molar-refractivity contribution >= 4 is 32.9 Å². The van der Waals surface area contributed by atoms with E-state index in [0.29, 0.717) is 0 Å². The highest BCUT2D eigenvalue weighted by Gasteiger charge is 2.09. The highest BCUT2D eigenvalue weighted by molar-refractivity contribution is 7.21. The van der Waals surface area contributed by atoms with E-state index in [1.165, 1.54) is 21.6 Å². The molecule has 0 saturated heterocycles. The topological polar surface area (TPSA) is 16.1 Å². The van der Waals surface area contributed by atoms with Gasteiger partial charge >= 0.3 is 0 Å². The quantitative estimate of drug-likeness (QED) is 0.480. The van der Waals surface area contributed by atoms with Crippen molar-refractivity contribution in [1.29, 1.82) is 0 Å². The predicted molar refractivity (Wildman–Crippen MR) is 99.6 cm³/mol. The van der Waals surface area contributed by atoms with Crippen LogP contribution in [-0.2, 0) is 0 Å². The molecule has 1 aromatic heterocycles. The SMILES string of the molecule is CN(c1ccccc1)c1ccc2nc(-c3ccccc3)sc2c1. The Hall–Kier alpha value is -2.65. The number of rotatable bonds is 3. The van der Waals surface area contributed by atoms with E-state index < -0.39 is 0 Å². The second kappa shape index (κ2) is 5.86. The molecule has 4 aromatic rings. The van der Waals surface area contributed by atoms with Crippen molar-refractivity contribution in [3.8, 4) is 10.6 Å². The molecule has 0 fully saturated rings. The first-order valence-corrected chi connectivity index (χ1v) is 8.38. The third kappa shape index (κ3) is 2.71. The van der Waals surface area contributed by atoms with Crippen LogP contribution in [0.3, 0.4) is 0 Å². The lowest BCUT2D eigenvalue weighted by atomic mass is 10.2. The fourth-order valence-electron chi connectivity index (χ4n) is 2.63. The van der Waals surface area contributed by atoms with Crippen LogP contribution in [0.4, 0.5) is 11.4 Å². The minimum atomic E-state index is 1.05. The van der Waals surface area contributed by atoms with Gasteiger partial charge in [-0.05, 0) is 30.3 Å². The van der Waals surface area contributed by atoms with Gasteiger partial charge in [0.2, 0.25) is 0 Å². The average Bonchev–Trinajstić information content (AvgIpc) is 3.06. The second-order valence-electron chi connectivity index (χ2n) is 5.43. The van der Waals surface area contributed by atoms with Crippen LogP contribution in [-0.4, -0.2) is 12.0 Å². The summed E-state index contributed by atoms with van der Waals surface area (Å²) in [6, 6.07) is 27.2. The third-order valence-electron chi connectivity index (χ3n) is 3.92. The Morgan fingerprint density at radius 1 is 0.783 bits per heavy atom. The van der Waals surface area contributed by atoms with Gasteiger partial charge in [-0.25, -0.2) is 4.98 Å². The Morgan fingerprint density at radius 3 is 2.22 bits per heavy atom. The molecule has 0 aliphatic heterocycles. The zero-order chi connectivity index (χ0) is 15.6. The van der Waals surface area contributed by atoms with Crippen molar-refractivity contribution in [2.24, 2.45) is 0 Å². The first-order valence-electron chi connectivity index (χ1n) is 7.56. The van der Waals surface area contributed by atoms with Gasteiger partial charge in [0.1, 0.15) is 5.01 Å². The molecule has 0 saturated carbocycles. The van der Waals surface area contributed by atoms with Gasteiger partial charge in [-0.15, -0.1) is 11.3 Å². The zero-order valence-corrected chi connectivity index (χ0v) is 13.6. The largest absolute Gasteiger partial charge is 0.345 e. The van der Waals surface area contributed by atoms with Crippen LogP contribution in [0, 0.1) is 0 Å². The molecule has 0 N–H and O–H groups in total. The van der Waals surface area contributed by atoms with E-state index in [9.17, 15) is 0 Å². The maximum Gasteiger partial charge on any atom is 0.124 e. The summed E-state index contributed by atoms with van der Waals surface area (Å²) in [6.45, 7) is 0. The molecule has 0 amide bonds. The van der Waals surface area contributed by atoms with Crippen LogP contribution in [0.5, 0.6) is 0 Å². The number of hydrogen-bond donors (Lipinski definition) is 0. The fourth-order valence-corrected chi connectivity index (χ4v) is 3.63. The number of nitrogens with zero attached hydrogens (tertiary/aromatic N) is 2. The highest BCUT2D eigenvalue weighted by Crippen LogP contribution is 2.33. The second-order valence-corrected chi connectivity index (χ2v) is 6.46. The predicted octanol–water partition coefficient (Wildman–Crippen LogP) is 5.73. The van der Waals surface area contributed by atoms with Gasteiger partial charge < -0.3 is 4.90 Å². The van der Waals surface area contributed by atoms with Gasteiger partial charge in [-0.3, -0.25) is 0 Å². The van der Waals surface area contributed by atoms with Crippen LogP contribution in [0.1, 0.15) is 0 Å². The molecule has 0 atom stereocenters. The summed E-state index contributed by atoms with van der Waals surface area (Å²) in [7, 11) is 2.09. The van der Waals surface area contributed by atoms with Crippen LogP contribution in [0.2, 0.25) is 0 Å². The average molecular weight is 316 g/mol. The molecule has 0 spiro atoms. The monoisotopic (exact) mass is 316 g/mol. The van der Waals surface area contributed by atoms with E-state index in [1.54, 1.807) is 11.3 Å². The first kappa shape index (κ1) is 14.0. The van der Waals surface area contributed by atoms with Crippen molar-refractivity contribution < 1.29 is 0 Å². The van der Waals surface area contributed by atoms with Gasteiger partial charge in [0, 0.05) is 24.0 Å². The van der Waals surface area contributed by atoms with E-state index in [1.807, 2.05) is 12.1 Å². The molecule has 0 bridgehead atoms. The maximum atomic E-state index is 4.76. The smallest absolute Gasteiger partial charge is 0.124 e. The van der Waals surface area contributed by atoms with Gasteiger partial charge in [0.25, 0.3) is 0 Å². The lowest BCUT2D eigenvalue weighted by Crippen LogP contribution is -2.08. The molecule has 112 valence electrons. The minimum absolute atomic E-state index is 1.05. The molecule has 1 heterocycles. The van der Waals surface area contributed by atoms with E-state index in [-0.39, 0.29) is 0 Å². The van der Waals surface area contributed by atoms with E-state index in [4.69, 9.17) is 4.98 Å². The fraction of sp³-hybridized carbons (Fsp3) is 0.0500. The van der Waals surface area contributed by atoms with Crippen molar-refractivity contribution in [2.75, 3.05) is 11.9 Å². The normalized spacial score (nSPS) is 10.8. The van der Waals surface area contributed by atoms with E-state index >= 15 is 0 Å². The zero-order valence-electron chi connectivity index (χ0n) is 12.8. The number of hydrogen-bond acceptors (Lipinski definition) is 3. The van der Waals surface area contributed by atoms with E-state index in [0.717, 1.165) is 10.5 Å². The highest BCUT2D eigenvalue weighted by atomic mass is 32.1. The summed E-state index contributed by atoms with van der Waals surface area (Å²) in [5.41, 5.74) is 4.58. The van der Waals surface area contributed by atoms with Crippen LogP contribution in [0.15, 0.2) is 78.9 Å². The molecular formula is C20H16N2S. The maximum absolute atomic E-state index is 4.76. The summed E-state index contributed by atoms with van der Waals surface area (Å²) >= 11 is 1.74. The Kier molecular flexibility index (Phi) is 3.56. The minimum Gasteiger partial charge on any atom is -0.345 e. The van der Waals surface area contributed by atoms with Gasteiger partial charge in [-0.2, -0.15) is 0 Å². The van der Waals surface area contributed by atoms with Crippen LogP contribution >= 0.6 is 11.3 Å². The molecule has 3 aromatic carbocycles. The number of para-hydroxylation sites is 1. The standard InChI is InChI=1S/C20H16N2S/c1-22(16-10-6-3-7-11-16)17-12-13-18-19(14-17)23-20(21-18)15-8-4-2-5-9-15/h2-14H,1H3. The molecule has 0 radical (unpaired) electrons. The number of aromatic nitrogens is 1. The Balaban J connectivity index is 1.74. The summed E-state index contributed by atoms with van der Waals surface area (Å²) in [5.74, 6) is 0. The number of fused-ring (bicyclic) bond motifs is 1. The third-order valence-corrected chi connectivity index (χ3v) is 4.99. The molecule has 0 unspecified atom stereocenters. The Labute approximate surface area is 139 Å². The lowest BCUT2D eigenvalue weighted by Gasteiger charge is -2.19. The van der Waals surface area contributed by atoms with Crippen LogP contribution in [0.25, 0.3) is 20.8 Å². The van der Waals surface area contributed by atoms with Crippen molar-refractivity contribution in [2.45, 2.75) is 0 Å². The van der Waals surface area contributed by atoms with Gasteiger partial charge in [0.15, 0.2) is 0 Å². The Morgan fingerprint density at radius 2 is 1.48 bits per heavy atom. The van der Waals surface area contributed by atoms with Gasteiger partial charge in [-0.1, -0.05) is 48.5 Å². The molecule has 0 aliphatic rings. The lowest BCUT2D eigenvalue weighted by molar-refractivity contribution is 1.21. The number of thiazole rings is 1. The summed E-state index contributed by atoms with van der Waals surface area (Å²) in [6.07, 6.45) is 0. The Bertz CT molecular complexity index is 930. The molecule has 3 heteroatoms. The van der Waals surface area contributed by atoms with Gasteiger partial charge in [0.05, 0.1) is 10.2 Å². The van der Waals surface area contributed by atoms with Crippen molar-refractivity contribution in [1.82, 2.24) is 4.98 Å². The van der Waals surface area contributed by atoms with Crippen molar-refractivity contribution in [3.63, 3.8) is 0 Å². The van der Waals surface area contributed by atoms with Crippen molar-refractivity contribution in [3.05, 3.63) is 78.9 Å². The molecule has 2 nitrogen and oxygen atoms in total. The molecule has 23 heavy (non-hydrogen) atoms.